The summed E-state index contributed by atoms with van der Waals surface area (Å²) in [5.41, 5.74) is 0. The van der Waals surface area contributed by atoms with Crippen molar-refractivity contribution in [2.24, 2.45) is 0 Å². The maximum atomic E-state index is 8.48. The first-order chi connectivity index (χ1) is 11.5. The number of rotatable bonds is 11. The van der Waals surface area contributed by atoms with Gasteiger partial charge in [0.25, 0.3) is 8.25 Å². The van der Waals surface area contributed by atoms with Crippen molar-refractivity contribution in [3.05, 3.63) is 49.1 Å². The normalized spacial score (nSPS) is 10.5. The second-order valence-corrected chi connectivity index (χ2v) is 5.49. The molecule has 0 bridgehead atoms. The van der Waals surface area contributed by atoms with E-state index in [1.54, 1.807) is 0 Å². The molecule has 0 aliphatic rings. The summed E-state index contributed by atoms with van der Waals surface area (Å²) >= 11 is 0. The molecule has 0 heterocycles. The molecule has 0 fully saturated rings. The molecule has 5 nitrogen and oxygen atoms in total. The van der Waals surface area contributed by atoms with Gasteiger partial charge in [0.1, 0.15) is 0 Å². The van der Waals surface area contributed by atoms with Crippen LogP contribution in [-0.2, 0) is 4.57 Å². The van der Waals surface area contributed by atoms with Gasteiger partial charge in [0.15, 0.2) is 0 Å². The first-order valence-electron chi connectivity index (χ1n) is 8.36. The fourth-order valence-corrected chi connectivity index (χ4v) is 2.11. The molecule has 0 atom stereocenters. The molecule has 0 N–H and O–H groups in total. The minimum Gasteiger partial charge on any atom is -0.598 e. The molecule has 0 unspecified atom stereocenters. The van der Waals surface area contributed by atoms with Gasteiger partial charge in [-0.25, -0.2) is 0 Å². The molecule has 0 saturated heterocycles. The van der Waals surface area contributed by atoms with Crippen LogP contribution in [0.4, 0.5) is 0 Å². The van der Waals surface area contributed by atoms with Gasteiger partial charge in [-0.1, -0.05) is 41.7 Å². The van der Waals surface area contributed by atoms with Crippen molar-refractivity contribution in [1.29, 1.82) is 0 Å². The summed E-state index contributed by atoms with van der Waals surface area (Å²) in [5.74, 6) is 0. The van der Waals surface area contributed by atoms with E-state index in [2.05, 4.69) is 86.6 Å². The van der Waals surface area contributed by atoms with Gasteiger partial charge in [-0.2, -0.15) is 0 Å². The van der Waals surface area contributed by atoms with E-state index < -0.39 is 8.25 Å². The first-order valence-corrected chi connectivity index (χ1v) is 9.45. The predicted octanol–water partition coefficient (Wildman–Crippen LogP) is -2.34. The third-order valence-electron chi connectivity index (χ3n) is 2.94. The van der Waals surface area contributed by atoms with Crippen molar-refractivity contribution >= 4 is 8.25 Å². The van der Waals surface area contributed by atoms with Gasteiger partial charge < -0.3 is 19.6 Å². The molecule has 0 rings (SSSR count). The molecular formula is C18H32N2Na2O3P+. The Morgan fingerprint density at radius 2 is 0.885 bits per heavy atom. The molecule has 0 amide bonds. The van der Waals surface area contributed by atoms with Crippen molar-refractivity contribution in [2.45, 2.75) is 53.4 Å². The summed E-state index contributed by atoms with van der Waals surface area (Å²) in [7, 11) is -3.37. The molecule has 8 heteroatoms. The summed E-state index contributed by atoms with van der Waals surface area (Å²) in [6, 6.07) is 0. The zero-order valence-electron chi connectivity index (χ0n) is 17.4. The van der Waals surface area contributed by atoms with Crippen molar-refractivity contribution in [3.8, 4) is 0 Å². The van der Waals surface area contributed by atoms with Crippen LogP contribution in [0.25, 0.3) is 0 Å². The minimum atomic E-state index is -3.37. The van der Waals surface area contributed by atoms with Crippen LogP contribution in [0.3, 0.4) is 0 Å². The van der Waals surface area contributed by atoms with Gasteiger partial charge in [0, 0.05) is 13.1 Å². The zero-order chi connectivity index (χ0) is 18.6. The van der Waals surface area contributed by atoms with E-state index in [-0.39, 0.29) is 59.1 Å². The standard InChI is InChI=1S/C18H32N2.2Na.HO3P/c1-5-13-19(14-6-2)17-11-9-10-12-18-20(15-7-3)16-8-4;;;1-4(2)3/h5-8,13-16H,9-12,17-18H2,1-4H3;;;(H,1,2,3)/q;2*+1;/p-1. The zero-order valence-corrected chi connectivity index (χ0v) is 22.3. The van der Waals surface area contributed by atoms with E-state index in [4.69, 9.17) is 14.4 Å². The van der Waals surface area contributed by atoms with Crippen LogP contribution in [0.1, 0.15) is 53.4 Å². The van der Waals surface area contributed by atoms with Gasteiger partial charge in [-0.15, -0.1) is 0 Å². The van der Waals surface area contributed by atoms with Crippen LogP contribution in [0.15, 0.2) is 49.1 Å². The fraction of sp³-hybridized carbons (Fsp3) is 0.556. The van der Waals surface area contributed by atoms with Crippen LogP contribution in [0.2, 0.25) is 0 Å². The Bertz CT molecular complexity index is 357. The molecule has 0 aromatic rings. The van der Waals surface area contributed by atoms with Gasteiger partial charge >= 0.3 is 59.1 Å². The number of allylic oxidation sites excluding steroid dienone is 4. The van der Waals surface area contributed by atoms with Crippen LogP contribution in [0, 0.1) is 0 Å². The van der Waals surface area contributed by atoms with Gasteiger partial charge in [-0.05, 0) is 65.3 Å². The molecular weight excluding hydrogens is 369 g/mol. The molecule has 0 spiro atoms. The second-order valence-electron chi connectivity index (χ2n) is 5.04. The number of unbranched alkanes of at least 4 members (excludes halogenated alkanes) is 3. The maximum absolute atomic E-state index is 8.48. The van der Waals surface area contributed by atoms with E-state index in [0.29, 0.717) is 0 Å². The summed E-state index contributed by atoms with van der Waals surface area (Å²) in [6.45, 7) is 10.5. The Kier molecular flexibility index (Phi) is 36.5. The van der Waals surface area contributed by atoms with Crippen molar-refractivity contribution < 1.29 is 73.5 Å². The average Bonchev–Trinajstić information content (AvgIpc) is 2.50. The summed E-state index contributed by atoms with van der Waals surface area (Å²) < 4.78 is 8.48. The SMILES string of the molecule is CC=CN(C=CC)CCCCCCN(C=CC)C=CC.O=[P+]([O-])[O-].[Na+].[Na+]. The summed E-state index contributed by atoms with van der Waals surface area (Å²) in [6.07, 6.45) is 22.0. The molecule has 0 aliphatic heterocycles. The van der Waals surface area contributed by atoms with E-state index in [9.17, 15) is 0 Å². The predicted molar refractivity (Wildman–Crippen MR) is 98.7 cm³/mol. The molecule has 0 aliphatic carbocycles. The summed E-state index contributed by atoms with van der Waals surface area (Å²) in [5, 5.41) is 0. The average molecular weight is 401 g/mol. The Hall–Kier alpha value is 0.580. The second kappa shape index (κ2) is 27.8. The van der Waals surface area contributed by atoms with Crippen LogP contribution in [0.5, 0.6) is 0 Å². The Labute approximate surface area is 205 Å². The van der Waals surface area contributed by atoms with Crippen molar-refractivity contribution in [3.63, 3.8) is 0 Å². The fourth-order valence-electron chi connectivity index (χ4n) is 2.11. The van der Waals surface area contributed by atoms with E-state index in [1.165, 1.54) is 25.7 Å². The third-order valence-corrected chi connectivity index (χ3v) is 2.94. The molecule has 0 aromatic carbocycles. The Morgan fingerprint density at radius 3 is 1.08 bits per heavy atom. The number of hydrogen-bond donors (Lipinski definition) is 0. The van der Waals surface area contributed by atoms with E-state index in [1.807, 2.05) is 0 Å². The Balaban J connectivity index is -0.000000363. The quantitative estimate of drug-likeness (QED) is 0.221. The summed E-state index contributed by atoms with van der Waals surface area (Å²) in [4.78, 5) is 21.5. The largest absolute Gasteiger partial charge is 1.00 e. The van der Waals surface area contributed by atoms with Gasteiger partial charge in [-0.3, -0.25) is 0 Å². The monoisotopic (exact) mass is 401 g/mol. The number of hydrogen-bond acceptors (Lipinski definition) is 5. The maximum Gasteiger partial charge on any atom is 1.00 e. The molecule has 138 valence electrons. The minimum absolute atomic E-state index is 0. The first kappa shape index (κ1) is 34.1. The topological polar surface area (TPSA) is 69.7 Å². The van der Waals surface area contributed by atoms with E-state index >= 15 is 0 Å². The van der Waals surface area contributed by atoms with Crippen LogP contribution < -0.4 is 68.9 Å². The van der Waals surface area contributed by atoms with Crippen molar-refractivity contribution in [1.82, 2.24) is 9.80 Å². The Morgan fingerprint density at radius 1 is 0.654 bits per heavy atom. The molecule has 0 saturated carbocycles. The third kappa shape index (κ3) is 29.3. The smallest absolute Gasteiger partial charge is 0.598 e. The molecule has 0 aromatic heterocycles. The molecule has 0 radical (unpaired) electrons. The van der Waals surface area contributed by atoms with Crippen LogP contribution >= 0.6 is 8.25 Å². The van der Waals surface area contributed by atoms with Gasteiger partial charge in [0.05, 0.1) is 0 Å². The van der Waals surface area contributed by atoms with E-state index in [0.717, 1.165) is 13.1 Å². The number of nitrogens with zero attached hydrogens (tertiary/aromatic N) is 2. The van der Waals surface area contributed by atoms with Crippen molar-refractivity contribution in [2.75, 3.05) is 13.1 Å². The van der Waals surface area contributed by atoms with Gasteiger partial charge in [0.2, 0.25) is 0 Å². The van der Waals surface area contributed by atoms with Crippen LogP contribution in [-0.4, -0.2) is 22.9 Å². The molecule has 26 heavy (non-hydrogen) atoms.